The number of rotatable bonds is 5. The van der Waals surface area contributed by atoms with Crippen LogP contribution in [0.4, 0.5) is 0 Å². The summed E-state index contributed by atoms with van der Waals surface area (Å²) in [6.07, 6.45) is 0.598. The Morgan fingerprint density at radius 3 is 2.38 bits per heavy atom. The van der Waals surface area contributed by atoms with Gasteiger partial charge in [-0.25, -0.2) is 0 Å². The van der Waals surface area contributed by atoms with Gasteiger partial charge in [-0.05, 0) is 19.3 Å². The van der Waals surface area contributed by atoms with E-state index in [4.69, 9.17) is 9.84 Å². The topological polar surface area (TPSA) is 46.5 Å². The van der Waals surface area contributed by atoms with Crippen LogP contribution >= 0.6 is 0 Å². The van der Waals surface area contributed by atoms with Crippen LogP contribution in [0.3, 0.4) is 0 Å². The molecule has 0 amide bonds. The monoisotopic (exact) mass is 188 g/mol. The van der Waals surface area contributed by atoms with Crippen molar-refractivity contribution in [3.8, 4) is 0 Å². The zero-order valence-electron chi connectivity index (χ0n) is 8.96. The van der Waals surface area contributed by atoms with Crippen LogP contribution in [0.5, 0.6) is 0 Å². The van der Waals surface area contributed by atoms with Gasteiger partial charge in [-0.2, -0.15) is 0 Å². The largest absolute Gasteiger partial charge is 0.465 e. The molecule has 1 N–H and O–H groups in total. The highest BCUT2D eigenvalue weighted by molar-refractivity contribution is 5.76. The molecule has 0 radical (unpaired) electrons. The fraction of sp³-hybridized carbons (Fsp3) is 0.900. The summed E-state index contributed by atoms with van der Waals surface area (Å²) in [6, 6.07) is 0. The van der Waals surface area contributed by atoms with Gasteiger partial charge in [0, 0.05) is 0 Å². The van der Waals surface area contributed by atoms with E-state index in [0.717, 1.165) is 0 Å². The van der Waals surface area contributed by atoms with E-state index in [1.807, 2.05) is 20.8 Å². The highest BCUT2D eigenvalue weighted by Gasteiger charge is 2.32. The summed E-state index contributed by atoms with van der Waals surface area (Å²) in [5.41, 5.74) is -0.727. The van der Waals surface area contributed by atoms with Gasteiger partial charge in [-0.15, -0.1) is 0 Å². The summed E-state index contributed by atoms with van der Waals surface area (Å²) >= 11 is 0. The van der Waals surface area contributed by atoms with E-state index in [1.165, 1.54) is 0 Å². The van der Waals surface area contributed by atoms with E-state index in [9.17, 15) is 4.79 Å². The Balaban J connectivity index is 4.07. The highest BCUT2D eigenvalue weighted by Crippen LogP contribution is 2.22. The summed E-state index contributed by atoms with van der Waals surface area (Å²) in [5, 5.41) is 9.02. The number of carbonyl (C=O) groups excluding carboxylic acids is 1. The maximum absolute atomic E-state index is 11.4. The van der Waals surface area contributed by atoms with Gasteiger partial charge in [-0.3, -0.25) is 4.79 Å². The second-order valence-electron chi connectivity index (χ2n) is 4.06. The number of aliphatic hydroxyl groups excluding tert-OH is 1. The summed E-state index contributed by atoms with van der Waals surface area (Å²) in [7, 11) is 0. The van der Waals surface area contributed by atoms with Gasteiger partial charge in [0.05, 0.1) is 18.6 Å². The quantitative estimate of drug-likeness (QED) is 0.666. The summed E-state index contributed by atoms with van der Waals surface area (Å²) in [5.74, 6) is 0.0370. The Morgan fingerprint density at radius 2 is 2.08 bits per heavy atom. The third-order valence-electron chi connectivity index (χ3n) is 2.17. The Kier molecular flexibility index (Phi) is 4.99. The minimum Gasteiger partial charge on any atom is -0.465 e. The normalized spacial score (nSPS) is 15.5. The standard InChI is InChI=1S/C10H20O3/c1-5-10(4,7-11)9(12)13-6-8(2)3/h8,11H,5-7H2,1-4H3. The minimum atomic E-state index is -0.727. The molecule has 0 heterocycles. The fourth-order valence-corrected chi connectivity index (χ4v) is 0.737. The Bertz CT molecular complexity index is 160. The van der Waals surface area contributed by atoms with Crippen molar-refractivity contribution < 1.29 is 14.6 Å². The molecule has 0 spiro atoms. The highest BCUT2D eigenvalue weighted by atomic mass is 16.5. The Hall–Kier alpha value is -0.570. The van der Waals surface area contributed by atoms with Crippen molar-refractivity contribution in [3.05, 3.63) is 0 Å². The van der Waals surface area contributed by atoms with Crippen molar-refractivity contribution in [1.82, 2.24) is 0 Å². The maximum atomic E-state index is 11.4. The van der Waals surface area contributed by atoms with E-state index < -0.39 is 5.41 Å². The van der Waals surface area contributed by atoms with Crippen LogP contribution in [-0.2, 0) is 9.53 Å². The molecule has 0 aromatic rings. The van der Waals surface area contributed by atoms with Gasteiger partial charge < -0.3 is 9.84 Å². The van der Waals surface area contributed by atoms with E-state index in [2.05, 4.69) is 0 Å². The van der Waals surface area contributed by atoms with Crippen molar-refractivity contribution in [2.45, 2.75) is 34.1 Å². The van der Waals surface area contributed by atoms with E-state index in [0.29, 0.717) is 18.9 Å². The first-order chi connectivity index (χ1) is 5.96. The number of esters is 1. The average Bonchev–Trinajstić information content (AvgIpc) is 2.12. The van der Waals surface area contributed by atoms with Crippen LogP contribution in [-0.4, -0.2) is 24.3 Å². The smallest absolute Gasteiger partial charge is 0.314 e. The van der Waals surface area contributed by atoms with Crippen LogP contribution in [0.15, 0.2) is 0 Å². The summed E-state index contributed by atoms with van der Waals surface area (Å²) in [4.78, 5) is 11.4. The summed E-state index contributed by atoms with van der Waals surface area (Å²) in [6.45, 7) is 7.82. The molecule has 0 bridgehead atoms. The second-order valence-corrected chi connectivity index (χ2v) is 4.06. The molecule has 0 saturated heterocycles. The number of ether oxygens (including phenoxy) is 1. The van der Waals surface area contributed by atoms with Gasteiger partial charge in [-0.1, -0.05) is 20.8 Å². The first-order valence-electron chi connectivity index (χ1n) is 4.74. The SMILES string of the molecule is CCC(C)(CO)C(=O)OCC(C)C. The van der Waals surface area contributed by atoms with Crippen molar-refractivity contribution in [2.24, 2.45) is 11.3 Å². The molecule has 1 unspecified atom stereocenters. The molecule has 13 heavy (non-hydrogen) atoms. The predicted molar refractivity (Wildman–Crippen MR) is 51.3 cm³/mol. The van der Waals surface area contributed by atoms with Crippen LogP contribution < -0.4 is 0 Å². The molecule has 0 saturated carbocycles. The van der Waals surface area contributed by atoms with Crippen LogP contribution in [0.1, 0.15) is 34.1 Å². The lowest BCUT2D eigenvalue weighted by Gasteiger charge is -2.23. The number of aliphatic hydroxyl groups is 1. The lowest BCUT2D eigenvalue weighted by Crippen LogP contribution is -2.33. The molecule has 3 nitrogen and oxygen atoms in total. The van der Waals surface area contributed by atoms with Gasteiger partial charge >= 0.3 is 5.97 Å². The molecule has 0 fully saturated rings. The summed E-state index contributed by atoms with van der Waals surface area (Å²) < 4.78 is 5.05. The first kappa shape index (κ1) is 12.4. The Morgan fingerprint density at radius 1 is 1.54 bits per heavy atom. The molecule has 3 heteroatoms. The number of hydrogen-bond acceptors (Lipinski definition) is 3. The maximum Gasteiger partial charge on any atom is 0.314 e. The molecule has 0 aromatic carbocycles. The number of carbonyl (C=O) groups is 1. The van der Waals surface area contributed by atoms with Crippen molar-refractivity contribution >= 4 is 5.97 Å². The van der Waals surface area contributed by atoms with E-state index >= 15 is 0 Å². The molecule has 0 aliphatic rings. The van der Waals surface area contributed by atoms with Gasteiger partial charge in [0.1, 0.15) is 0 Å². The van der Waals surface area contributed by atoms with Gasteiger partial charge in [0.15, 0.2) is 0 Å². The average molecular weight is 188 g/mol. The molecule has 0 rings (SSSR count). The minimum absolute atomic E-state index is 0.152. The predicted octanol–water partition coefficient (Wildman–Crippen LogP) is 1.59. The molecule has 0 aromatic heterocycles. The molecular weight excluding hydrogens is 168 g/mol. The fourth-order valence-electron chi connectivity index (χ4n) is 0.737. The first-order valence-corrected chi connectivity index (χ1v) is 4.74. The zero-order chi connectivity index (χ0) is 10.5. The van der Waals surface area contributed by atoms with Gasteiger partial charge in [0.25, 0.3) is 0 Å². The van der Waals surface area contributed by atoms with Crippen molar-refractivity contribution in [3.63, 3.8) is 0 Å². The molecule has 0 aliphatic heterocycles. The van der Waals surface area contributed by atoms with Crippen LogP contribution in [0.2, 0.25) is 0 Å². The lowest BCUT2D eigenvalue weighted by molar-refractivity contribution is -0.158. The van der Waals surface area contributed by atoms with Crippen LogP contribution in [0, 0.1) is 11.3 Å². The zero-order valence-corrected chi connectivity index (χ0v) is 8.96. The third kappa shape index (κ3) is 3.77. The molecule has 0 aliphatic carbocycles. The van der Waals surface area contributed by atoms with Crippen molar-refractivity contribution in [1.29, 1.82) is 0 Å². The van der Waals surface area contributed by atoms with Crippen LogP contribution in [0.25, 0.3) is 0 Å². The molecular formula is C10H20O3. The second kappa shape index (κ2) is 5.22. The molecule has 78 valence electrons. The van der Waals surface area contributed by atoms with Crippen molar-refractivity contribution in [2.75, 3.05) is 13.2 Å². The van der Waals surface area contributed by atoms with Gasteiger partial charge in [0.2, 0.25) is 0 Å². The lowest BCUT2D eigenvalue weighted by atomic mass is 9.89. The van der Waals surface area contributed by atoms with E-state index in [-0.39, 0.29) is 12.6 Å². The molecule has 1 atom stereocenters. The van der Waals surface area contributed by atoms with E-state index in [1.54, 1.807) is 6.92 Å². The third-order valence-corrected chi connectivity index (χ3v) is 2.17. The Labute approximate surface area is 80.1 Å². The number of hydrogen-bond donors (Lipinski definition) is 1.